The molecule has 1 amide bonds. The fourth-order valence-corrected chi connectivity index (χ4v) is 4.98. The quantitative estimate of drug-likeness (QED) is 0.905. The number of rotatable bonds is 4. The Morgan fingerprint density at radius 1 is 1.38 bits per heavy atom. The van der Waals surface area contributed by atoms with Gasteiger partial charge in [0.15, 0.2) is 0 Å². The lowest BCUT2D eigenvalue weighted by Gasteiger charge is -2.31. The lowest BCUT2D eigenvalue weighted by atomic mass is 9.78. The maximum atomic E-state index is 13.3. The molecule has 2 aliphatic carbocycles. The van der Waals surface area contributed by atoms with Gasteiger partial charge in [-0.3, -0.25) is 4.79 Å². The summed E-state index contributed by atoms with van der Waals surface area (Å²) in [5.41, 5.74) is 3.13. The lowest BCUT2D eigenvalue weighted by Crippen LogP contribution is -2.44. The van der Waals surface area contributed by atoms with E-state index in [1.54, 1.807) is 0 Å². The molecule has 132 valence electrons. The summed E-state index contributed by atoms with van der Waals surface area (Å²) in [6.07, 6.45) is 6.86. The van der Waals surface area contributed by atoms with Crippen molar-refractivity contribution in [1.29, 1.82) is 0 Å². The Bertz CT molecular complexity index is 599. The average Bonchev–Trinajstić information content (AvgIpc) is 3.04. The first-order valence-corrected chi connectivity index (χ1v) is 9.36. The second-order valence-corrected chi connectivity index (χ2v) is 7.60. The largest absolute Gasteiger partial charge is 0.338 e. The second kappa shape index (κ2) is 7.05. The highest BCUT2D eigenvalue weighted by Crippen LogP contribution is 2.61. The van der Waals surface area contributed by atoms with E-state index in [2.05, 4.69) is 41.4 Å². The fraction of sp³-hybridized carbons (Fsp3) is 0.650. The van der Waals surface area contributed by atoms with Crippen LogP contribution in [0.5, 0.6) is 0 Å². The molecule has 4 heteroatoms. The molecule has 1 saturated carbocycles. The van der Waals surface area contributed by atoms with Crippen molar-refractivity contribution in [2.24, 2.45) is 5.92 Å². The fourth-order valence-electron chi connectivity index (χ4n) is 4.98. The smallest absolute Gasteiger partial charge is 0.226 e. The number of hydrogen-bond donors (Lipinski definition) is 1. The number of benzene rings is 1. The third-order valence-electron chi connectivity index (χ3n) is 6.22. The zero-order chi connectivity index (χ0) is 15.9. The van der Waals surface area contributed by atoms with Crippen LogP contribution in [0.25, 0.3) is 0 Å². The Morgan fingerprint density at radius 3 is 2.96 bits per heavy atom. The Kier molecular flexibility index (Phi) is 5.22. The molecule has 3 nitrogen and oxygen atoms in total. The summed E-state index contributed by atoms with van der Waals surface area (Å²) >= 11 is 0. The van der Waals surface area contributed by atoms with Gasteiger partial charge in [0.1, 0.15) is 0 Å². The number of carbonyl (C=O) groups is 1. The molecule has 1 saturated heterocycles. The van der Waals surface area contributed by atoms with Crippen molar-refractivity contribution in [3.05, 3.63) is 35.4 Å². The Labute approximate surface area is 151 Å². The van der Waals surface area contributed by atoms with E-state index < -0.39 is 0 Å². The lowest BCUT2D eigenvalue weighted by molar-refractivity contribution is -0.135. The zero-order valence-corrected chi connectivity index (χ0v) is 15.4. The Balaban J connectivity index is 0.00000169. The normalized spacial score (nSPS) is 30.5. The number of carbonyl (C=O) groups excluding carboxylic acids is 1. The average molecular weight is 349 g/mol. The summed E-state index contributed by atoms with van der Waals surface area (Å²) in [4.78, 5) is 15.5. The number of amides is 1. The standard InChI is InChI=1S/C20H28N2O.ClH/c1-2-12-22(16-9-11-21-14-16)19(23)18-13-20(18)10-5-7-15-6-3-4-8-17(15)20;/h3-4,6,8,16,18,21H,2,5,7,9-14H2,1H3;1H. The number of aryl methyl sites for hydroxylation is 1. The van der Waals surface area contributed by atoms with E-state index >= 15 is 0 Å². The van der Waals surface area contributed by atoms with Gasteiger partial charge >= 0.3 is 0 Å². The van der Waals surface area contributed by atoms with Gasteiger partial charge in [0.05, 0.1) is 0 Å². The molecule has 24 heavy (non-hydrogen) atoms. The second-order valence-electron chi connectivity index (χ2n) is 7.60. The molecule has 1 spiro atoms. The van der Waals surface area contributed by atoms with Gasteiger partial charge < -0.3 is 10.2 Å². The minimum Gasteiger partial charge on any atom is -0.338 e. The van der Waals surface area contributed by atoms with Crippen LogP contribution in [-0.2, 0) is 16.6 Å². The van der Waals surface area contributed by atoms with Crippen molar-refractivity contribution in [3.8, 4) is 0 Å². The monoisotopic (exact) mass is 348 g/mol. The van der Waals surface area contributed by atoms with Gasteiger partial charge in [-0.1, -0.05) is 31.2 Å². The molecule has 0 radical (unpaired) electrons. The first-order valence-electron chi connectivity index (χ1n) is 9.36. The van der Waals surface area contributed by atoms with Crippen molar-refractivity contribution < 1.29 is 4.79 Å². The number of nitrogens with one attached hydrogen (secondary N) is 1. The van der Waals surface area contributed by atoms with E-state index in [9.17, 15) is 4.79 Å². The molecule has 1 aliphatic heterocycles. The van der Waals surface area contributed by atoms with Crippen LogP contribution in [0.15, 0.2) is 24.3 Å². The maximum absolute atomic E-state index is 13.3. The molecule has 1 aromatic rings. The molecule has 0 bridgehead atoms. The minimum absolute atomic E-state index is 0. The highest BCUT2D eigenvalue weighted by molar-refractivity contribution is 5.85. The summed E-state index contributed by atoms with van der Waals surface area (Å²) in [6.45, 7) is 5.12. The van der Waals surface area contributed by atoms with Crippen LogP contribution in [0.4, 0.5) is 0 Å². The molecule has 1 heterocycles. The topological polar surface area (TPSA) is 32.3 Å². The highest BCUT2D eigenvalue weighted by atomic mass is 35.5. The van der Waals surface area contributed by atoms with Crippen molar-refractivity contribution in [2.75, 3.05) is 19.6 Å². The van der Waals surface area contributed by atoms with Crippen LogP contribution in [0.3, 0.4) is 0 Å². The molecule has 3 aliphatic rings. The summed E-state index contributed by atoms with van der Waals surface area (Å²) in [7, 11) is 0. The Morgan fingerprint density at radius 2 is 2.21 bits per heavy atom. The third-order valence-corrected chi connectivity index (χ3v) is 6.22. The maximum Gasteiger partial charge on any atom is 0.226 e. The molecule has 1 aromatic carbocycles. The molecule has 2 fully saturated rings. The van der Waals surface area contributed by atoms with Crippen molar-refractivity contribution in [3.63, 3.8) is 0 Å². The van der Waals surface area contributed by atoms with Gasteiger partial charge in [0.25, 0.3) is 0 Å². The summed E-state index contributed by atoms with van der Waals surface area (Å²) in [6, 6.07) is 9.25. The molecule has 4 rings (SSSR count). The number of hydrogen-bond acceptors (Lipinski definition) is 2. The number of nitrogens with zero attached hydrogens (tertiary/aromatic N) is 1. The van der Waals surface area contributed by atoms with E-state index in [1.807, 2.05) is 0 Å². The van der Waals surface area contributed by atoms with Crippen LogP contribution in [0.2, 0.25) is 0 Å². The summed E-state index contributed by atoms with van der Waals surface area (Å²) < 4.78 is 0. The molecule has 3 unspecified atom stereocenters. The molecular weight excluding hydrogens is 320 g/mol. The number of halogens is 1. The van der Waals surface area contributed by atoms with Gasteiger partial charge in [0, 0.05) is 30.5 Å². The summed E-state index contributed by atoms with van der Waals surface area (Å²) in [5.74, 6) is 0.661. The van der Waals surface area contributed by atoms with Gasteiger partial charge in [0.2, 0.25) is 5.91 Å². The molecule has 0 aromatic heterocycles. The zero-order valence-electron chi connectivity index (χ0n) is 14.6. The molecular formula is C20H29ClN2O. The highest BCUT2D eigenvalue weighted by Gasteiger charge is 2.61. The Hall–Kier alpha value is -1.06. The van der Waals surface area contributed by atoms with Gasteiger partial charge in [-0.15, -0.1) is 12.4 Å². The van der Waals surface area contributed by atoms with Crippen LogP contribution >= 0.6 is 12.4 Å². The van der Waals surface area contributed by atoms with Crippen LogP contribution < -0.4 is 5.32 Å². The van der Waals surface area contributed by atoms with Gasteiger partial charge in [-0.2, -0.15) is 0 Å². The minimum atomic E-state index is 0. The van der Waals surface area contributed by atoms with Crippen molar-refractivity contribution >= 4 is 18.3 Å². The first-order chi connectivity index (χ1) is 11.3. The van der Waals surface area contributed by atoms with E-state index in [0.717, 1.165) is 38.9 Å². The van der Waals surface area contributed by atoms with Crippen LogP contribution in [0.1, 0.15) is 50.2 Å². The predicted molar refractivity (Wildman–Crippen MR) is 99.7 cm³/mol. The van der Waals surface area contributed by atoms with E-state index in [0.29, 0.717) is 11.9 Å². The predicted octanol–water partition coefficient (Wildman–Crippen LogP) is 3.30. The van der Waals surface area contributed by atoms with E-state index in [1.165, 1.54) is 30.4 Å². The first kappa shape index (κ1) is 17.8. The van der Waals surface area contributed by atoms with Crippen molar-refractivity contribution in [1.82, 2.24) is 10.2 Å². The third kappa shape index (κ3) is 2.86. The molecule has 1 N–H and O–H groups in total. The summed E-state index contributed by atoms with van der Waals surface area (Å²) in [5, 5.41) is 3.42. The SMILES string of the molecule is CCCN(C(=O)C1CC12CCCc1ccccc12)C1CCNC1.Cl. The van der Waals surface area contributed by atoms with Gasteiger partial charge in [-0.05, 0) is 56.2 Å². The number of fused-ring (bicyclic) bond motifs is 2. The molecule has 3 atom stereocenters. The van der Waals surface area contributed by atoms with Crippen LogP contribution in [0, 0.1) is 5.92 Å². The van der Waals surface area contributed by atoms with Gasteiger partial charge in [-0.25, -0.2) is 0 Å². The van der Waals surface area contributed by atoms with Crippen molar-refractivity contribution in [2.45, 2.75) is 56.9 Å². The van der Waals surface area contributed by atoms with Crippen LogP contribution in [-0.4, -0.2) is 36.5 Å². The van der Waals surface area contributed by atoms with E-state index in [4.69, 9.17) is 0 Å². The van der Waals surface area contributed by atoms with E-state index in [-0.39, 0.29) is 23.7 Å².